The summed E-state index contributed by atoms with van der Waals surface area (Å²) in [6.07, 6.45) is 3.80. The van der Waals surface area contributed by atoms with E-state index >= 15 is 0 Å². The molecule has 0 unspecified atom stereocenters. The Kier molecular flexibility index (Phi) is 5.22. The highest BCUT2D eigenvalue weighted by Crippen LogP contribution is 2.37. The van der Waals surface area contributed by atoms with Gasteiger partial charge in [-0.05, 0) is 74.6 Å². The van der Waals surface area contributed by atoms with Crippen molar-refractivity contribution in [3.8, 4) is 0 Å². The number of nitrogens with zero attached hydrogens (tertiary/aromatic N) is 2. The molecule has 1 heterocycles. The Labute approximate surface area is 113 Å². The minimum absolute atomic E-state index is 0.230. The van der Waals surface area contributed by atoms with Gasteiger partial charge in [0.2, 0.25) is 0 Å². The van der Waals surface area contributed by atoms with Crippen molar-refractivity contribution in [2.24, 2.45) is 0 Å². The number of hydrogen-bond acceptors (Lipinski definition) is 3. The Morgan fingerprint density at radius 2 is 1.61 bits per heavy atom. The molecule has 0 amide bonds. The summed E-state index contributed by atoms with van der Waals surface area (Å²) in [5.74, 6) is 0. The summed E-state index contributed by atoms with van der Waals surface area (Å²) in [5, 5.41) is 0. The normalized spacial score (nSPS) is 24.7. The quantitative estimate of drug-likeness (QED) is 0.703. The molecule has 0 aliphatic carbocycles. The monoisotopic (exact) mass is 256 g/mol. The van der Waals surface area contributed by atoms with Gasteiger partial charge in [-0.3, -0.25) is 4.90 Å². The lowest BCUT2D eigenvalue weighted by atomic mass is 9.79. The molecule has 0 aromatic carbocycles. The number of ether oxygens (including phenoxy) is 1. The summed E-state index contributed by atoms with van der Waals surface area (Å²) in [6, 6.07) is 0. The fourth-order valence-electron chi connectivity index (χ4n) is 3.03. The van der Waals surface area contributed by atoms with E-state index in [1.165, 1.54) is 0 Å². The maximum Gasteiger partial charge on any atom is 0.0610 e. The Balaban J connectivity index is 2.44. The van der Waals surface area contributed by atoms with Crippen molar-refractivity contribution in [1.82, 2.24) is 9.80 Å². The second-order valence-corrected chi connectivity index (χ2v) is 7.24. The number of piperidine rings is 1. The molecule has 0 N–H and O–H groups in total. The second kappa shape index (κ2) is 5.89. The van der Waals surface area contributed by atoms with Crippen molar-refractivity contribution in [3.63, 3.8) is 0 Å². The molecule has 108 valence electrons. The summed E-state index contributed by atoms with van der Waals surface area (Å²) in [7, 11) is 6.46. The van der Waals surface area contributed by atoms with Gasteiger partial charge in [-0.25, -0.2) is 0 Å². The SMILES string of the molecule is CN(C)CCCOC1CC(C)(C)N(C)C(C)(C)C1. The van der Waals surface area contributed by atoms with E-state index in [-0.39, 0.29) is 11.1 Å². The first-order valence-electron chi connectivity index (χ1n) is 7.15. The lowest BCUT2D eigenvalue weighted by molar-refractivity contribution is -0.0920. The van der Waals surface area contributed by atoms with Gasteiger partial charge in [-0.1, -0.05) is 0 Å². The fraction of sp³-hybridized carbons (Fsp3) is 1.00. The fourth-order valence-corrected chi connectivity index (χ4v) is 3.03. The van der Waals surface area contributed by atoms with E-state index in [0.29, 0.717) is 6.10 Å². The third-order valence-electron chi connectivity index (χ3n) is 4.37. The van der Waals surface area contributed by atoms with Gasteiger partial charge in [0, 0.05) is 17.7 Å². The lowest BCUT2D eigenvalue weighted by Crippen LogP contribution is -2.60. The van der Waals surface area contributed by atoms with Crippen molar-refractivity contribution in [2.75, 3.05) is 34.3 Å². The predicted octanol–water partition coefficient (Wildman–Crippen LogP) is 2.61. The molecule has 1 saturated heterocycles. The van der Waals surface area contributed by atoms with Crippen molar-refractivity contribution in [3.05, 3.63) is 0 Å². The molecule has 0 spiro atoms. The van der Waals surface area contributed by atoms with Gasteiger partial charge >= 0.3 is 0 Å². The van der Waals surface area contributed by atoms with Crippen LogP contribution < -0.4 is 0 Å². The number of hydrogen-bond donors (Lipinski definition) is 0. The van der Waals surface area contributed by atoms with E-state index in [0.717, 1.165) is 32.4 Å². The van der Waals surface area contributed by atoms with E-state index in [2.05, 4.69) is 58.6 Å². The van der Waals surface area contributed by atoms with Crippen LogP contribution in [0.25, 0.3) is 0 Å². The van der Waals surface area contributed by atoms with Crippen LogP contribution in [0.5, 0.6) is 0 Å². The molecule has 0 saturated carbocycles. The van der Waals surface area contributed by atoms with Crippen molar-refractivity contribution in [2.45, 2.75) is 64.1 Å². The largest absolute Gasteiger partial charge is 0.378 e. The zero-order chi connectivity index (χ0) is 14.0. The van der Waals surface area contributed by atoms with Crippen LogP contribution in [-0.4, -0.2) is 61.3 Å². The summed E-state index contributed by atoms with van der Waals surface area (Å²) in [6.45, 7) is 11.3. The van der Waals surface area contributed by atoms with Crippen LogP contribution in [0.1, 0.15) is 47.0 Å². The molecular weight excluding hydrogens is 224 g/mol. The third-order valence-corrected chi connectivity index (χ3v) is 4.37. The summed E-state index contributed by atoms with van der Waals surface area (Å²) >= 11 is 0. The van der Waals surface area contributed by atoms with E-state index < -0.39 is 0 Å². The van der Waals surface area contributed by atoms with Gasteiger partial charge < -0.3 is 9.64 Å². The molecule has 1 aliphatic rings. The van der Waals surface area contributed by atoms with Crippen molar-refractivity contribution in [1.29, 1.82) is 0 Å². The summed E-state index contributed by atoms with van der Waals surface area (Å²) in [4.78, 5) is 4.71. The smallest absolute Gasteiger partial charge is 0.0610 e. The van der Waals surface area contributed by atoms with Crippen LogP contribution in [0, 0.1) is 0 Å². The minimum Gasteiger partial charge on any atom is -0.378 e. The van der Waals surface area contributed by atoms with Gasteiger partial charge in [-0.2, -0.15) is 0 Å². The molecule has 1 aliphatic heterocycles. The molecule has 1 fully saturated rings. The molecule has 0 aromatic rings. The first kappa shape index (κ1) is 15.9. The zero-order valence-electron chi connectivity index (χ0n) is 13.4. The van der Waals surface area contributed by atoms with Gasteiger partial charge in [0.25, 0.3) is 0 Å². The molecule has 18 heavy (non-hydrogen) atoms. The van der Waals surface area contributed by atoms with Gasteiger partial charge in [-0.15, -0.1) is 0 Å². The highest BCUT2D eigenvalue weighted by Gasteiger charge is 2.43. The average molecular weight is 256 g/mol. The van der Waals surface area contributed by atoms with Crippen LogP contribution in [0.3, 0.4) is 0 Å². The minimum atomic E-state index is 0.230. The average Bonchev–Trinajstić information content (AvgIpc) is 2.20. The standard InChI is InChI=1S/C15H32N2O/c1-14(2)11-13(12-15(3,4)17(14)7)18-10-8-9-16(5)6/h13H,8-12H2,1-7H3. The molecule has 0 bridgehead atoms. The Hall–Kier alpha value is -0.120. The number of likely N-dealkylation sites (tertiary alicyclic amines) is 1. The maximum atomic E-state index is 6.10. The van der Waals surface area contributed by atoms with Crippen molar-refractivity contribution >= 4 is 0 Å². The highest BCUT2D eigenvalue weighted by atomic mass is 16.5. The topological polar surface area (TPSA) is 15.7 Å². The second-order valence-electron chi connectivity index (χ2n) is 7.24. The zero-order valence-corrected chi connectivity index (χ0v) is 13.4. The van der Waals surface area contributed by atoms with Crippen LogP contribution >= 0.6 is 0 Å². The van der Waals surface area contributed by atoms with Crippen molar-refractivity contribution < 1.29 is 4.74 Å². The molecule has 3 nitrogen and oxygen atoms in total. The Morgan fingerprint density at radius 3 is 2.06 bits per heavy atom. The Morgan fingerprint density at radius 1 is 1.11 bits per heavy atom. The molecule has 0 radical (unpaired) electrons. The third kappa shape index (κ3) is 4.22. The summed E-state index contributed by atoms with van der Waals surface area (Å²) < 4.78 is 6.10. The van der Waals surface area contributed by atoms with Crippen LogP contribution in [0.15, 0.2) is 0 Å². The first-order valence-corrected chi connectivity index (χ1v) is 7.15. The molecular formula is C15H32N2O. The van der Waals surface area contributed by atoms with E-state index in [1.807, 2.05) is 0 Å². The van der Waals surface area contributed by atoms with E-state index in [4.69, 9.17) is 4.74 Å². The Bertz CT molecular complexity index is 243. The molecule has 0 aromatic heterocycles. The summed E-state index contributed by atoms with van der Waals surface area (Å²) in [5.41, 5.74) is 0.460. The van der Waals surface area contributed by atoms with Crippen LogP contribution in [0.2, 0.25) is 0 Å². The van der Waals surface area contributed by atoms with Gasteiger partial charge in [0.05, 0.1) is 6.10 Å². The van der Waals surface area contributed by atoms with Gasteiger partial charge in [0.15, 0.2) is 0 Å². The van der Waals surface area contributed by atoms with Crippen LogP contribution in [0.4, 0.5) is 0 Å². The predicted molar refractivity (Wildman–Crippen MR) is 78.1 cm³/mol. The van der Waals surface area contributed by atoms with Gasteiger partial charge in [0.1, 0.15) is 0 Å². The first-order chi connectivity index (χ1) is 8.15. The lowest BCUT2D eigenvalue weighted by Gasteiger charge is -2.53. The molecule has 0 atom stereocenters. The van der Waals surface area contributed by atoms with E-state index in [9.17, 15) is 0 Å². The van der Waals surface area contributed by atoms with E-state index in [1.54, 1.807) is 0 Å². The number of rotatable bonds is 5. The molecule has 1 rings (SSSR count). The highest BCUT2D eigenvalue weighted by molar-refractivity contribution is 4.98. The van der Waals surface area contributed by atoms with Crippen LogP contribution in [-0.2, 0) is 4.74 Å². The molecule has 3 heteroatoms. The maximum absolute atomic E-state index is 6.10.